The first-order valence-corrected chi connectivity index (χ1v) is 8.19. The summed E-state index contributed by atoms with van der Waals surface area (Å²) in [7, 11) is 0. The minimum atomic E-state index is -0.0872. The molecule has 1 amide bonds. The topological polar surface area (TPSA) is 58.4 Å². The van der Waals surface area contributed by atoms with Gasteiger partial charge in [0.1, 0.15) is 5.76 Å². The van der Waals surface area contributed by atoms with Crippen LogP contribution in [0.2, 0.25) is 0 Å². The standard InChI is InChI=1S/C16H23N3O2/c1-10-7-19(8-11-2-3-11)9-14(10)17-16(20)13-6-15(21-18-13)12-4-5-12/h6,10-12,14H,2-5,7-9H2,1H3,(H,17,20)/t10-,14-/m1/s1. The van der Waals surface area contributed by atoms with E-state index in [0.29, 0.717) is 17.5 Å². The van der Waals surface area contributed by atoms with Crippen molar-refractivity contribution in [3.05, 3.63) is 17.5 Å². The fraction of sp³-hybridized carbons (Fsp3) is 0.750. The van der Waals surface area contributed by atoms with Crippen LogP contribution < -0.4 is 5.32 Å². The molecule has 21 heavy (non-hydrogen) atoms. The molecule has 3 fully saturated rings. The third kappa shape index (κ3) is 2.98. The zero-order valence-corrected chi connectivity index (χ0v) is 12.5. The summed E-state index contributed by atoms with van der Waals surface area (Å²) in [6.07, 6.45) is 5.08. The second-order valence-electron chi connectivity index (χ2n) is 7.11. The molecule has 2 saturated carbocycles. The van der Waals surface area contributed by atoms with E-state index in [1.54, 1.807) is 0 Å². The van der Waals surface area contributed by atoms with Gasteiger partial charge in [-0.25, -0.2) is 0 Å². The van der Waals surface area contributed by atoms with Crippen molar-refractivity contribution in [3.63, 3.8) is 0 Å². The lowest BCUT2D eigenvalue weighted by Crippen LogP contribution is -2.40. The van der Waals surface area contributed by atoms with E-state index in [9.17, 15) is 4.79 Å². The molecule has 1 N–H and O–H groups in total. The summed E-state index contributed by atoms with van der Waals surface area (Å²) < 4.78 is 5.26. The molecule has 1 saturated heterocycles. The van der Waals surface area contributed by atoms with E-state index in [1.165, 1.54) is 19.4 Å². The third-order valence-electron chi connectivity index (χ3n) is 4.96. The van der Waals surface area contributed by atoms with Gasteiger partial charge in [0, 0.05) is 37.7 Å². The molecular weight excluding hydrogens is 266 g/mol. The van der Waals surface area contributed by atoms with Gasteiger partial charge in [-0.1, -0.05) is 12.1 Å². The number of hydrogen-bond acceptors (Lipinski definition) is 4. The van der Waals surface area contributed by atoms with Crippen molar-refractivity contribution in [2.45, 2.75) is 44.6 Å². The molecule has 1 aromatic rings. The van der Waals surface area contributed by atoms with Gasteiger partial charge in [0.2, 0.25) is 0 Å². The lowest BCUT2D eigenvalue weighted by atomic mass is 10.1. The monoisotopic (exact) mass is 289 g/mol. The van der Waals surface area contributed by atoms with Crippen LogP contribution in [-0.4, -0.2) is 41.6 Å². The Balaban J connectivity index is 1.34. The first-order chi connectivity index (χ1) is 10.2. The van der Waals surface area contributed by atoms with E-state index < -0.39 is 0 Å². The van der Waals surface area contributed by atoms with E-state index >= 15 is 0 Å². The van der Waals surface area contributed by atoms with Crippen LogP contribution in [0, 0.1) is 11.8 Å². The van der Waals surface area contributed by atoms with Crippen molar-refractivity contribution in [2.75, 3.05) is 19.6 Å². The van der Waals surface area contributed by atoms with E-state index in [4.69, 9.17) is 4.52 Å². The fourth-order valence-corrected chi connectivity index (χ4v) is 3.27. The molecule has 2 atom stereocenters. The van der Waals surface area contributed by atoms with Crippen molar-refractivity contribution in [1.29, 1.82) is 0 Å². The second-order valence-corrected chi connectivity index (χ2v) is 7.11. The van der Waals surface area contributed by atoms with E-state index in [1.807, 2.05) is 6.07 Å². The van der Waals surface area contributed by atoms with Crippen LogP contribution in [0.15, 0.2) is 10.6 Å². The van der Waals surface area contributed by atoms with Crippen LogP contribution in [-0.2, 0) is 0 Å². The van der Waals surface area contributed by atoms with Gasteiger partial charge in [-0.2, -0.15) is 0 Å². The molecule has 1 aliphatic heterocycles. The molecule has 0 radical (unpaired) electrons. The minimum absolute atomic E-state index is 0.0872. The zero-order valence-electron chi connectivity index (χ0n) is 12.5. The second kappa shape index (κ2) is 5.13. The lowest BCUT2D eigenvalue weighted by Gasteiger charge is -2.16. The number of rotatable bonds is 5. The Labute approximate surface area is 125 Å². The fourth-order valence-electron chi connectivity index (χ4n) is 3.27. The van der Waals surface area contributed by atoms with Crippen LogP contribution in [0.25, 0.3) is 0 Å². The molecule has 0 bridgehead atoms. The Morgan fingerprint density at radius 2 is 2.19 bits per heavy atom. The van der Waals surface area contributed by atoms with Crippen molar-refractivity contribution in [2.24, 2.45) is 11.8 Å². The quantitative estimate of drug-likeness (QED) is 0.901. The van der Waals surface area contributed by atoms with Crippen LogP contribution >= 0.6 is 0 Å². The molecule has 2 heterocycles. The van der Waals surface area contributed by atoms with E-state index in [-0.39, 0.29) is 11.9 Å². The average molecular weight is 289 g/mol. The maximum Gasteiger partial charge on any atom is 0.273 e. The highest BCUT2D eigenvalue weighted by Crippen LogP contribution is 2.40. The molecule has 3 aliphatic rings. The van der Waals surface area contributed by atoms with Gasteiger partial charge < -0.3 is 14.7 Å². The van der Waals surface area contributed by atoms with E-state index in [2.05, 4.69) is 22.3 Å². The molecule has 114 valence electrons. The van der Waals surface area contributed by atoms with Gasteiger partial charge in [0.15, 0.2) is 5.69 Å². The van der Waals surface area contributed by atoms with Crippen LogP contribution in [0.5, 0.6) is 0 Å². The van der Waals surface area contributed by atoms with Crippen molar-refractivity contribution < 1.29 is 9.32 Å². The summed E-state index contributed by atoms with van der Waals surface area (Å²) >= 11 is 0. The summed E-state index contributed by atoms with van der Waals surface area (Å²) in [6.45, 7) is 5.48. The third-order valence-corrected chi connectivity index (χ3v) is 4.96. The number of hydrogen-bond donors (Lipinski definition) is 1. The number of aromatic nitrogens is 1. The summed E-state index contributed by atoms with van der Waals surface area (Å²) in [4.78, 5) is 14.8. The lowest BCUT2D eigenvalue weighted by molar-refractivity contribution is 0.0922. The normalized spacial score (nSPS) is 29.8. The van der Waals surface area contributed by atoms with Gasteiger partial charge in [0.05, 0.1) is 0 Å². The summed E-state index contributed by atoms with van der Waals surface area (Å²) in [5.41, 5.74) is 0.435. The Kier molecular flexibility index (Phi) is 3.25. The Bertz CT molecular complexity index is 533. The smallest absolute Gasteiger partial charge is 0.273 e. The first kappa shape index (κ1) is 13.3. The Hall–Kier alpha value is -1.36. The molecular formula is C16H23N3O2. The van der Waals surface area contributed by atoms with Crippen LogP contribution in [0.4, 0.5) is 0 Å². The number of likely N-dealkylation sites (tertiary alicyclic amines) is 1. The van der Waals surface area contributed by atoms with Crippen molar-refractivity contribution in [3.8, 4) is 0 Å². The highest BCUT2D eigenvalue weighted by atomic mass is 16.5. The van der Waals surface area contributed by atoms with Crippen molar-refractivity contribution >= 4 is 5.91 Å². The van der Waals surface area contributed by atoms with Gasteiger partial charge in [-0.15, -0.1) is 0 Å². The molecule has 2 aliphatic carbocycles. The minimum Gasteiger partial charge on any atom is -0.360 e. The maximum atomic E-state index is 12.3. The maximum absolute atomic E-state index is 12.3. The van der Waals surface area contributed by atoms with Gasteiger partial charge in [-0.05, 0) is 37.5 Å². The van der Waals surface area contributed by atoms with Crippen molar-refractivity contribution in [1.82, 2.24) is 15.4 Å². The molecule has 5 nitrogen and oxygen atoms in total. The van der Waals surface area contributed by atoms with Crippen LogP contribution in [0.3, 0.4) is 0 Å². The first-order valence-electron chi connectivity index (χ1n) is 8.19. The van der Waals surface area contributed by atoms with Gasteiger partial charge in [-0.3, -0.25) is 4.79 Å². The van der Waals surface area contributed by atoms with Gasteiger partial charge in [0.25, 0.3) is 5.91 Å². The molecule has 0 spiro atoms. The predicted molar refractivity (Wildman–Crippen MR) is 78.1 cm³/mol. The largest absolute Gasteiger partial charge is 0.360 e. The van der Waals surface area contributed by atoms with Gasteiger partial charge >= 0.3 is 0 Å². The Morgan fingerprint density at radius 1 is 1.38 bits per heavy atom. The summed E-state index contributed by atoms with van der Waals surface area (Å²) in [5, 5.41) is 7.06. The molecule has 5 heteroatoms. The Morgan fingerprint density at radius 3 is 2.90 bits per heavy atom. The predicted octanol–water partition coefficient (Wildman–Crippen LogP) is 2.01. The SMILES string of the molecule is C[C@@H]1CN(CC2CC2)C[C@H]1NC(=O)c1cc(C2CC2)on1. The average Bonchev–Trinajstić information content (AvgIpc) is 3.37. The summed E-state index contributed by atoms with van der Waals surface area (Å²) in [5.74, 6) is 2.69. The highest BCUT2D eigenvalue weighted by Gasteiger charge is 2.35. The highest BCUT2D eigenvalue weighted by molar-refractivity contribution is 5.92. The molecule has 0 aromatic carbocycles. The molecule has 1 aromatic heterocycles. The number of nitrogens with one attached hydrogen (secondary N) is 1. The number of amides is 1. The molecule has 4 rings (SSSR count). The van der Waals surface area contributed by atoms with E-state index in [0.717, 1.165) is 37.6 Å². The number of carbonyl (C=O) groups excluding carboxylic acids is 1. The zero-order chi connectivity index (χ0) is 14.4. The van der Waals surface area contributed by atoms with Crippen LogP contribution in [0.1, 0.15) is 54.8 Å². The number of nitrogens with zero attached hydrogens (tertiary/aromatic N) is 2. The number of carbonyl (C=O) groups is 1. The summed E-state index contributed by atoms with van der Waals surface area (Å²) in [6, 6.07) is 2.05. The molecule has 0 unspecified atom stereocenters.